The average molecular weight is 246 g/mol. The first-order valence-electron chi connectivity index (χ1n) is 6.54. The highest BCUT2D eigenvalue weighted by atomic mass is 32.2. The lowest BCUT2D eigenvalue weighted by atomic mass is 9.75. The van der Waals surface area contributed by atoms with Crippen LogP contribution in [0.4, 0.5) is 5.69 Å². The molecule has 1 aromatic carbocycles. The summed E-state index contributed by atoms with van der Waals surface area (Å²) in [5.74, 6) is 1.25. The minimum Gasteiger partial charge on any atom is -0.366 e. The van der Waals surface area contributed by atoms with Crippen LogP contribution in [-0.2, 0) is 5.41 Å². The third-order valence-electron chi connectivity index (χ3n) is 4.69. The van der Waals surface area contributed by atoms with E-state index in [1.165, 1.54) is 30.2 Å². The molecular formula is C14H18N2S. The summed E-state index contributed by atoms with van der Waals surface area (Å²) in [6.07, 6.45) is 1.29. The highest BCUT2D eigenvalue weighted by Gasteiger charge is 2.50. The SMILES string of the molecule is C[C@]12CNCC[C@H]1N1CCSc3cccc2c31. The summed E-state index contributed by atoms with van der Waals surface area (Å²) >= 11 is 2.03. The normalized spacial score (nSPS) is 34.4. The molecule has 3 aliphatic heterocycles. The van der Waals surface area contributed by atoms with Crippen molar-refractivity contribution in [1.82, 2.24) is 5.32 Å². The van der Waals surface area contributed by atoms with E-state index < -0.39 is 0 Å². The zero-order valence-corrected chi connectivity index (χ0v) is 11.0. The third kappa shape index (κ3) is 1.22. The highest BCUT2D eigenvalue weighted by molar-refractivity contribution is 7.99. The highest BCUT2D eigenvalue weighted by Crippen LogP contribution is 2.52. The molecule has 4 rings (SSSR count). The predicted octanol–water partition coefficient (Wildman–Crippen LogP) is 2.23. The van der Waals surface area contributed by atoms with Crippen LogP contribution in [0, 0.1) is 0 Å². The Morgan fingerprint density at radius 3 is 3.35 bits per heavy atom. The van der Waals surface area contributed by atoms with Crippen LogP contribution in [0.25, 0.3) is 0 Å². The Balaban J connectivity index is 1.95. The summed E-state index contributed by atoms with van der Waals surface area (Å²) in [7, 11) is 0. The number of rotatable bonds is 0. The topological polar surface area (TPSA) is 15.3 Å². The van der Waals surface area contributed by atoms with E-state index >= 15 is 0 Å². The molecule has 0 amide bonds. The molecule has 90 valence electrons. The van der Waals surface area contributed by atoms with Gasteiger partial charge in [0.1, 0.15) is 0 Å². The first-order chi connectivity index (χ1) is 8.31. The van der Waals surface area contributed by atoms with E-state index in [4.69, 9.17) is 0 Å². The summed E-state index contributed by atoms with van der Waals surface area (Å²) in [4.78, 5) is 4.20. The molecule has 0 spiro atoms. The first-order valence-corrected chi connectivity index (χ1v) is 7.53. The Bertz CT molecular complexity index is 473. The Labute approximate surface area is 107 Å². The number of hydrogen-bond donors (Lipinski definition) is 1. The number of para-hydroxylation sites is 1. The lowest BCUT2D eigenvalue weighted by Gasteiger charge is -2.41. The molecule has 2 nitrogen and oxygen atoms in total. The zero-order valence-electron chi connectivity index (χ0n) is 10.2. The van der Waals surface area contributed by atoms with E-state index in [0.29, 0.717) is 5.41 Å². The maximum atomic E-state index is 3.59. The second kappa shape index (κ2) is 3.42. The van der Waals surface area contributed by atoms with Crippen molar-refractivity contribution in [2.45, 2.75) is 29.7 Å². The monoisotopic (exact) mass is 246 g/mol. The molecule has 3 aliphatic rings. The number of benzene rings is 1. The molecule has 1 fully saturated rings. The number of nitrogens with zero attached hydrogens (tertiary/aromatic N) is 1. The fourth-order valence-electron chi connectivity index (χ4n) is 3.87. The van der Waals surface area contributed by atoms with Crippen LogP contribution >= 0.6 is 11.8 Å². The maximum Gasteiger partial charge on any atom is 0.0546 e. The van der Waals surface area contributed by atoms with Gasteiger partial charge in [0, 0.05) is 35.2 Å². The number of piperidine rings is 1. The van der Waals surface area contributed by atoms with E-state index in [0.717, 1.165) is 12.6 Å². The average Bonchev–Trinajstić information content (AvgIpc) is 2.63. The summed E-state index contributed by atoms with van der Waals surface area (Å²) in [5.41, 5.74) is 3.47. The van der Waals surface area contributed by atoms with Gasteiger partial charge in [0.25, 0.3) is 0 Å². The molecule has 0 radical (unpaired) electrons. The molecule has 17 heavy (non-hydrogen) atoms. The molecule has 2 atom stereocenters. The van der Waals surface area contributed by atoms with Crippen molar-refractivity contribution in [2.24, 2.45) is 0 Å². The fourth-order valence-corrected chi connectivity index (χ4v) is 4.92. The minimum absolute atomic E-state index is 0.328. The van der Waals surface area contributed by atoms with Gasteiger partial charge in [-0.2, -0.15) is 0 Å². The lowest BCUT2D eigenvalue weighted by Crippen LogP contribution is -2.54. The van der Waals surface area contributed by atoms with Crippen LogP contribution < -0.4 is 10.2 Å². The number of nitrogens with one attached hydrogen (secondary N) is 1. The summed E-state index contributed by atoms with van der Waals surface area (Å²) in [6, 6.07) is 7.61. The molecule has 1 N–H and O–H groups in total. The Morgan fingerprint density at radius 2 is 2.41 bits per heavy atom. The number of thioether (sulfide) groups is 1. The van der Waals surface area contributed by atoms with Crippen LogP contribution in [-0.4, -0.2) is 31.4 Å². The van der Waals surface area contributed by atoms with E-state index in [1.807, 2.05) is 11.8 Å². The second-order valence-electron chi connectivity index (χ2n) is 5.59. The standard InChI is InChI=1S/C14H18N2S/c1-14-9-15-6-5-12(14)16-7-8-17-11-4-2-3-10(14)13(11)16/h2-4,12,15H,5-9H2,1H3/t12-,14-/m1/s1. The number of hydrogen-bond acceptors (Lipinski definition) is 3. The Morgan fingerprint density at radius 1 is 1.47 bits per heavy atom. The predicted molar refractivity (Wildman–Crippen MR) is 73.1 cm³/mol. The van der Waals surface area contributed by atoms with Crippen LogP contribution in [0.2, 0.25) is 0 Å². The van der Waals surface area contributed by atoms with Crippen molar-refractivity contribution in [3.05, 3.63) is 23.8 Å². The molecule has 3 heterocycles. The Hall–Kier alpha value is -0.670. The van der Waals surface area contributed by atoms with Gasteiger partial charge in [0.05, 0.1) is 5.69 Å². The van der Waals surface area contributed by atoms with Gasteiger partial charge in [-0.25, -0.2) is 0 Å². The quantitative estimate of drug-likeness (QED) is 0.756. The van der Waals surface area contributed by atoms with Gasteiger partial charge >= 0.3 is 0 Å². The second-order valence-corrected chi connectivity index (χ2v) is 6.73. The van der Waals surface area contributed by atoms with Gasteiger partial charge in [-0.3, -0.25) is 0 Å². The summed E-state index contributed by atoms with van der Waals surface area (Å²) in [6.45, 7) is 5.99. The molecule has 0 unspecified atom stereocenters. The van der Waals surface area contributed by atoms with Gasteiger partial charge in [-0.05, 0) is 24.6 Å². The van der Waals surface area contributed by atoms with Crippen molar-refractivity contribution < 1.29 is 0 Å². The number of fused-ring (bicyclic) bond motifs is 3. The van der Waals surface area contributed by atoms with E-state index in [9.17, 15) is 0 Å². The first kappa shape index (κ1) is 10.3. The summed E-state index contributed by atoms with van der Waals surface area (Å²) in [5, 5.41) is 3.59. The van der Waals surface area contributed by atoms with E-state index in [-0.39, 0.29) is 0 Å². The van der Waals surface area contributed by atoms with Crippen molar-refractivity contribution in [3.8, 4) is 0 Å². The van der Waals surface area contributed by atoms with Gasteiger partial charge in [-0.15, -0.1) is 11.8 Å². The van der Waals surface area contributed by atoms with Crippen LogP contribution in [0.3, 0.4) is 0 Å². The van der Waals surface area contributed by atoms with Crippen LogP contribution in [0.1, 0.15) is 18.9 Å². The molecule has 1 aromatic rings. The van der Waals surface area contributed by atoms with Crippen molar-refractivity contribution in [3.63, 3.8) is 0 Å². The van der Waals surface area contributed by atoms with Crippen LogP contribution in [0.15, 0.2) is 23.1 Å². The fraction of sp³-hybridized carbons (Fsp3) is 0.571. The lowest BCUT2D eigenvalue weighted by molar-refractivity contribution is 0.299. The molecule has 3 heteroatoms. The molecule has 0 bridgehead atoms. The number of anilines is 1. The molecule has 0 aliphatic carbocycles. The smallest absolute Gasteiger partial charge is 0.0546 e. The van der Waals surface area contributed by atoms with Gasteiger partial charge < -0.3 is 10.2 Å². The van der Waals surface area contributed by atoms with Gasteiger partial charge in [-0.1, -0.05) is 19.1 Å². The van der Waals surface area contributed by atoms with Crippen molar-refractivity contribution in [1.29, 1.82) is 0 Å². The molecule has 0 saturated carbocycles. The Kier molecular flexibility index (Phi) is 2.07. The maximum absolute atomic E-state index is 3.59. The van der Waals surface area contributed by atoms with Crippen molar-refractivity contribution >= 4 is 17.4 Å². The minimum atomic E-state index is 0.328. The molecule has 1 saturated heterocycles. The van der Waals surface area contributed by atoms with Gasteiger partial charge in [0.15, 0.2) is 0 Å². The van der Waals surface area contributed by atoms with Crippen LogP contribution in [0.5, 0.6) is 0 Å². The van der Waals surface area contributed by atoms with E-state index in [1.54, 1.807) is 11.3 Å². The molecular weight excluding hydrogens is 228 g/mol. The largest absolute Gasteiger partial charge is 0.366 e. The van der Waals surface area contributed by atoms with E-state index in [2.05, 4.69) is 35.3 Å². The summed E-state index contributed by atoms with van der Waals surface area (Å²) < 4.78 is 0. The molecule has 0 aromatic heterocycles. The third-order valence-corrected chi connectivity index (χ3v) is 5.72. The zero-order chi connectivity index (χ0) is 11.5. The van der Waals surface area contributed by atoms with Crippen molar-refractivity contribution in [2.75, 3.05) is 30.3 Å². The van der Waals surface area contributed by atoms with Gasteiger partial charge in [0.2, 0.25) is 0 Å².